The fourth-order valence-corrected chi connectivity index (χ4v) is 10.5. The highest BCUT2D eigenvalue weighted by Gasteiger charge is 2.18. The van der Waals surface area contributed by atoms with Gasteiger partial charge < -0.3 is 9.13 Å². The monoisotopic (exact) mass is 821 g/mol. The Balaban J connectivity index is 0.931. The van der Waals surface area contributed by atoms with Gasteiger partial charge in [-0.25, -0.2) is 4.98 Å². The molecule has 5 nitrogen and oxygen atoms in total. The van der Waals surface area contributed by atoms with Crippen molar-refractivity contribution in [1.29, 1.82) is 0 Å². The van der Waals surface area contributed by atoms with Crippen LogP contribution in [0, 0.1) is 0 Å². The van der Waals surface area contributed by atoms with Crippen molar-refractivity contribution >= 4 is 75.3 Å². The van der Waals surface area contributed by atoms with E-state index in [9.17, 15) is 0 Å². The Morgan fingerprint density at radius 3 is 1.62 bits per heavy atom. The molecule has 13 aromatic rings. The van der Waals surface area contributed by atoms with E-state index in [1.165, 1.54) is 58.5 Å². The lowest BCUT2D eigenvalue weighted by atomic mass is 10.0. The Hall–Kier alpha value is -8.19. The smallest absolute Gasteiger partial charge is 0.0907 e. The summed E-state index contributed by atoms with van der Waals surface area (Å²) < 4.78 is 7.22. The summed E-state index contributed by atoms with van der Waals surface area (Å²) >= 11 is 1.80. The van der Waals surface area contributed by atoms with Gasteiger partial charge in [-0.15, -0.1) is 11.3 Å². The van der Waals surface area contributed by atoms with E-state index in [-0.39, 0.29) is 0 Å². The van der Waals surface area contributed by atoms with Gasteiger partial charge in [-0.05, 0) is 113 Å². The van der Waals surface area contributed by atoms with Gasteiger partial charge in [-0.1, -0.05) is 109 Å². The van der Waals surface area contributed by atoms with Crippen molar-refractivity contribution in [2.24, 2.45) is 0 Å². The van der Waals surface area contributed by atoms with E-state index < -0.39 is 0 Å². The highest BCUT2D eigenvalue weighted by molar-refractivity contribution is 7.25. The van der Waals surface area contributed by atoms with E-state index in [1.54, 1.807) is 11.3 Å². The maximum Gasteiger partial charge on any atom is 0.0907 e. The molecule has 0 saturated carbocycles. The molecule has 294 valence electrons. The molecule has 0 aliphatic heterocycles. The van der Waals surface area contributed by atoms with E-state index >= 15 is 0 Å². The molecular weight excluding hydrogens is 787 g/mol. The minimum atomic E-state index is 0.817. The van der Waals surface area contributed by atoms with Crippen LogP contribution in [-0.2, 0) is 0 Å². The number of pyridine rings is 3. The molecule has 0 spiro atoms. The van der Waals surface area contributed by atoms with E-state index in [1.807, 2.05) is 24.5 Å². The molecular formula is C57H35N5S. The second-order valence-electron chi connectivity index (χ2n) is 16.1. The van der Waals surface area contributed by atoms with Crippen LogP contribution in [0.25, 0.3) is 120 Å². The number of nitrogens with zero attached hydrogens (tertiary/aromatic N) is 5. The number of thiophene rings is 1. The minimum Gasteiger partial charge on any atom is -0.309 e. The third-order valence-corrected chi connectivity index (χ3v) is 13.5. The van der Waals surface area contributed by atoms with Crippen molar-refractivity contribution in [3.05, 3.63) is 213 Å². The normalized spacial score (nSPS) is 11.8. The largest absolute Gasteiger partial charge is 0.309 e. The van der Waals surface area contributed by atoms with Gasteiger partial charge in [0.1, 0.15) is 0 Å². The SMILES string of the molecule is c1ccc(-c2cc(-c3ccccc3)nc(-c3cc(-n4c5ccccc5c5cc(-c6ccc7c(c6)c6ccccc6n7-c6ccc7sc8cccnc8c7c6)ccc54)ccn3)c2)cc1. The number of benzene rings is 7. The van der Waals surface area contributed by atoms with Crippen LogP contribution in [0.3, 0.4) is 0 Å². The number of rotatable bonds is 6. The third kappa shape index (κ3) is 5.80. The Bertz CT molecular complexity index is 3860. The fraction of sp³-hybridized carbons (Fsp3) is 0. The summed E-state index contributed by atoms with van der Waals surface area (Å²) in [6.45, 7) is 0. The van der Waals surface area contributed by atoms with Gasteiger partial charge in [-0.2, -0.15) is 0 Å². The lowest BCUT2D eigenvalue weighted by Crippen LogP contribution is -1.97. The summed E-state index contributed by atoms with van der Waals surface area (Å²) in [5.41, 5.74) is 16.1. The molecule has 6 heteroatoms. The number of para-hydroxylation sites is 2. The summed E-state index contributed by atoms with van der Waals surface area (Å²) in [4.78, 5) is 14.9. The number of aromatic nitrogens is 5. The van der Waals surface area contributed by atoms with E-state index in [0.29, 0.717) is 0 Å². The molecule has 0 radical (unpaired) electrons. The Morgan fingerprint density at radius 2 is 0.921 bits per heavy atom. The van der Waals surface area contributed by atoms with Gasteiger partial charge in [-0.3, -0.25) is 9.97 Å². The predicted molar refractivity (Wildman–Crippen MR) is 263 cm³/mol. The topological polar surface area (TPSA) is 48.5 Å². The van der Waals surface area contributed by atoms with Crippen LogP contribution in [0.15, 0.2) is 213 Å². The molecule has 63 heavy (non-hydrogen) atoms. The maximum absolute atomic E-state index is 5.20. The predicted octanol–water partition coefficient (Wildman–Crippen LogP) is 15.1. The molecule has 0 atom stereocenters. The van der Waals surface area contributed by atoms with Crippen molar-refractivity contribution in [3.63, 3.8) is 0 Å². The number of hydrogen-bond acceptors (Lipinski definition) is 4. The zero-order chi connectivity index (χ0) is 41.4. The van der Waals surface area contributed by atoms with Crippen LogP contribution in [0.4, 0.5) is 0 Å². The lowest BCUT2D eigenvalue weighted by Gasteiger charge is -2.12. The molecule has 0 N–H and O–H groups in total. The van der Waals surface area contributed by atoms with Crippen LogP contribution in [0.1, 0.15) is 0 Å². The van der Waals surface area contributed by atoms with Gasteiger partial charge in [0.15, 0.2) is 0 Å². The average molecular weight is 822 g/mol. The van der Waals surface area contributed by atoms with Crippen molar-refractivity contribution in [2.45, 2.75) is 0 Å². The summed E-state index contributed by atoms with van der Waals surface area (Å²) in [6.07, 6.45) is 3.79. The summed E-state index contributed by atoms with van der Waals surface area (Å²) in [5.74, 6) is 0. The molecule has 0 bridgehead atoms. The maximum atomic E-state index is 5.20. The zero-order valence-corrected chi connectivity index (χ0v) is 34.7. The first kappa shape index (κ1) is 35.6. The summed E-state index contributed by atoms with van der Waals surface area (Å²) in [7, 11) is 0. The Labute approximate surface area is 366 Å². The molecule has 13 rings (SSSR count). The quantitative estimate of drug-likeness (QED) is 0.168. The molecule has 0 aliphatic carbocycles. The first-order valence-corrected chi connectivity index (χ1v) is 22.0. The van der Waals surface area contributed by atoms with E-state index in [4.69, 9.17) is 15.0 Å². The van der Waals surface area contributed by atoms with Crippen molar-refractivity contribution in [2.75, 3.05) is 0 Å². The minimum absolute atomic E-state index is 0.817. The van der Waals surface area contributed by atoms with Crippen LogP contribution < -0.4 is 0 Å². The molecule has 6 heterocycles. The van der Waals surface area contributed by atoms with Gasteiger partial charge in [0.2, 0.25) is 0 Å². The first-order valence-electron chi connectivity index (χ1n) is 21.2. The number of hydrogen-bond donors (Lipinski definition) is 0. The van der Waals surface area contributed by atoms with Crippen LogP contribution in [-0.4, -0.2) is 24.1 Å². The average Bonchev–Trinajstić information content (AvgIpc) is 4.01. The second-order valence-corrected chi connectivity index (χ2v) is 17.1. The number of fused-ring (bicyclic) bond motifs is 9. The molecule has 0 saturated heterocycles. The third-order valence-electron chi connectivity index (χ3n) is 12.4. The van der Waals surface area contributed by atoms with Gasteiger partial charge >= 0.3 is 0 Å². The molecule has 7 aromatic carbocycles. The van der Waals surface area contributed by atoms with E-state index in [0.717, 1.165) is 61.7 Å². The van der Waals surface area contributed by atoms with Gasteiger partial charge in [0.05, 0.1) is 49.4 Å². The fourth-order valence-electron chi connectivity index (χ4n) is 9.50. The first-order chi connectivity index (χ1) is 31.2. The molecule has 0 unspecified atom stereocenters. The molecule has 0 amide bonds. The van der Waals surface area contributed by atoms with Gasteiger partial charge in [0, 0.05) is 61.0 Å². The molecule has 6 aromatic heterocycles. The Morgan fingerprint density at radius 1 is 0.317 bits per heavy atom. The van der Waals surface area contributed by atoms with E-state index in [2.05, 4.69) is 197 Å². The van der Waals surface area contributed by atoms with Gasteiger partial charge in [0.25, 0.3) is 0 Å². The zero-order valence-electron chi connectivity index (χ0n) is 33.9. The van der Waals surface area contributed by atoms with Crippen LogP contribution in [0.2, 0.25) is 0 Å². The molecule has 0 aliphatic rings. The highest BCUT2D eigenvalue weighted by Crippen LogP contribution is 2.40. The van der Waals surface area contributed by atoms with Crippen molar-refractivity contribution < 1.29 is 0 Å². The highest BCUT2D eigenvalue weighted by atomic mass is 32.1. The summed E-state index contributed by atoms with van der Waals surface area (Å²) in [5, 5.41) is 6.05. The van der Waals surface area contributed by atoms with Crippen molar-refractivity contribution in [3.8, 4) is 56.3 Å². The molecule has 0 fully saturated rings. The van der Waals surface area contributed by atoms with Crippen molar-refractivity contribution in [1.82, 2.24) is 24.1 Å². The Kier molecular flexibility index (Phi) is 8.01. The summed E-state index contributed by atoms with van der Waals surface area (Å²) in [6, 6.07) is 71.7. The standard InChI is InChI=1S/C57H35N5S/c1-3-12-36(13-4-1)40-32-48(37-14-5-2-6-15-37)60-50(33-40)49-35-42(27-29-58-49)62-52-19-10-8-17-44(52)46-31-39(22-25-54(46)62)38-21-24-53-45(30-38)43-16-7-9-18-51(43)61(53)41-23-26-55-47(34-41)57-56(63-55)20-11-28-59-57/h1-35H. The lowest BCUT2D eigenvalue weighted by molar-refractivity contribution is 1.15. The van der Waals surface area contributed by atoms with Crippen LogP contribution >= 0.6 is 11.3 Å². The van der Waals surface area contributed by atoms with Crippen LogP contribution in [0.5, 0.6) is 0 Å². The second kappa shape index (κ2) is 14.2.